The summed E-state index contributed by atoms with van der Waals surface area (Å²) < 4.78 is 29.2. The Morgan fingerprint density at radius 2 is 1.55 bits per heavy atom. The van der Waals surface area contributed by atoms with Gasteiger partial charge >= 0.3 is 0 Å². The largest absolute Gasteiger partial charge is 0.394 e. The van der Waals surface area contributed by atoms with Crippen LogP contribution in [-0.4, -0.2) is 140 Å². The summed E-state index contributed by atoms with van der Waals surface area (Å²) in [6, 6.07) is 0. The van der Waals surface area contributed by atoms with Gasteiger partial charge in [-0.25, -0.2) is 0 Å². The molecule has 6 fully saturated rings. The second-order valence-corrected chi connectivity index (χ2v) is 18.0. The molecule has 0 aromatic rings. The van der Waals surface area contributed by atoms with Gasteiger partial charge in [-0.1, -0.05) is 34.6 Å². The number of fused-ring (bicyclic) bond motifs is 5. The van der Waals surface area contributed by atoms with Gasteiger partial charge in [-0.15, -0.1) is 0 Å². The molecule has 0 aromatic heterocycles. The lowest BCUT2D eigenvalue weighted by molar-refractivity contribution is -0.309. The number of hydrogen-bond acceptors (Lipinski definition) is 13. The van der Waals surface area contributed by atoms with E-state index in [0.717, 1.165) is 25.7 Å². The summed E-state index contributed by atoms with van der Waals surface area (Å²) in [6.45, 7) is 10.2. The van der Waals surface area contributed by atoms with E-state index in [-0.39, 0.29) is 65.5 Å². The molecule has 0 bridgehead atoms. The fourth-order valence-corrected chi connectivity index (χ4v) is 12.1. The predicted octanol–water partition coefficient (Wildman–Crippen LogP) is 1.08. The third-order valence-electron chi connectivity index (χ3n) is 14.9. The predicted molar refractivity (Wildman–Crippen MR) is 183 cm³/mol. The van der Waals surface area contributed by atoms with Crippen molar-refractivity contribution < 1.29 is 64.5 Å². The van der Waals surface area contributed by atoms with E-state index in [2.05, 4.69) is 20.8 Å². The Labute approximate surface area is 302 Å². The minimum Gasteiger partial charge on any atom is -0.394 e. The first kappa shape index (κ1) is 40.2. The van der Waals surface area contributed by atoms with Crippen molar-refractivity contribution >= 4 is 0 Å². The molecule has 13 nitrogen and oxygen atoms in total. The molecule has 2 aliphatic heterocycles. The average Bonchev–Trinajstić information content (AvgIpc) is 3.53. The van der Waals surface area contributed by atoms with Crippen molar-refractivity contribution in [2.24, 2.45) is 46.3 Å². The molecule has 6 aliphatic rings. The third kappa shape index (κ3) is 6.97. The van der Waals surface area contributed by atoms with E-state index in [9.17, 15) is 40.9 Å². The summed E-state index contributed by atoms with van der Waals surface area (Å²) in [7, 11) is 1.41. The van der Waals surface area contributed by atoms with Crippen LogP contribution >= 0.6 is 0 Å². The Hall–Kier alpha value is -0.520. The number of methoxy groups -OCH3 is 1. The van der Waals surface area contributed by atoms with Crippen LogP contribution in [0.25, 0.3) is 0 Å². The summed E-state index contributed by atoms with van der Waals surface area (Å²) in [5.74, 6) is -0.102. The molecule has 0 aromatic carbocycles. The van der Waals surface area contributed by atoms with Gasteiger partial charge in [0.2, 0.25) is 0 Å². The smallest absolute Gasteiger partial charge is 0.187 e. The van der Waals surface area contributed by atoms with Gasteiger partial charge in [-0.2, -0.15) is 0 Å². The molecule has 20 atom stereocenters. The Morgan fingerprint density at radius 1 is 0.843 bits per heavy atom. The zero-order chi connectivity index (χ0) is 37.2. The fourth-order valence-electron chi connectivity index (χ4n) is 12.1. The summed E-state index contributed by atoms with van der Waals surface area (Å²) in [5, 5.41) is 88.3. The van der Waals surface area contributed by atoms with Crippen LogP contribution in [0.3, 0.4) is 0 Å². The van der Waals surface area contributed by atoms with Crippen molar-refractivity contribution in [1.29, 1.82) is 0 Å². The second-order valence-electron chi connectivity index (χ2n) is 18.0. The Bertz CT molecular complexity index is 1180. The molecule has 0 amide bonds. The van der Waals surface area contributed by atoms with Gasteiger partial charge in [0.1, 0.15) is 36.6 Å². The molecule has 4 saturated carbocycles. The summed E-state index contributed by atoms with van der Waals surface area (Å²) in [6.07, 6.45) is -5.39. The van der Waals surface area contributed by atoms with Crippen molar-refractivity contribution in [2.75, 3.05) is 20.3 Å². The number of aliphatic hydroxyl groups is 8. The monoisotopic (exact) mass is 730 g/mol. The van der Waals surface area contributed by atoms with E-state index in [1.165, 1.54) is 7.11 Å². The maximum absolute atomic E-state index is 12.6. The van der Waals surface area contributed by atoms with Gasteiger partial charge in [0.25, 0.3) is 0 Å². The van der Waals surface area contributed by atoms with Crippen molar-refractivity contribution in [2.45, 2.75) is 172 Å². The molecule has 4 aliphatic carbocycles. The van der Waals surface area contributed by atoms with Gasteiger partial charge in [0.05, 0.1) is 43.2 Å². The van der Waals surface area contributed by atoms with E-state index in [0.29, 0.717) is 25.7 Å². The molecule has 8 N–H and O–H groups in total. The van der Waals surface area contributed by atoms with Crippen LogP contribution in [0.2, 0.25) is 0 Å². The molecular formula is C38H66O13. The van der Waals surface area contributed by atoms with Gasteiger partial charge in [-0.3, -0.25) is 0 Å². The van der Waals surface area contributed by atoms with Crippen molar-refractivity contribution in [3.05, 3.63) is 0 Å². The second kappa shape index (κ2) is 15.2. The zero-order valence-electron chi connectivity index (χ0n) is 31.3. The maximum Gasteiger partial charge on any atom is 0.187 e. The van der Waals surface area contributed by atoms with Crippen LogP contribution < -0.4 is 0 Å². The molecule has 2 heterocycles. The normalized spacial score (nSPS) is 52.6. The van der Waals surface area contributed by atoms with Gasteiger partial charge in [-0.05, 0) is 91.8 Å². The topological polar surface area (TPSA) is 208 Å². The molecule has 3 unspecified atom stereocenters. The Morgan fingerprint density at radius 3 is 2.22 bits per heavy atom. The third-order valence-corrected chi connectivity index (χ3v) is 14.9. The average molecular weight is 731 g/mol. The Balaban J connectivity index is 1.13. The summed E-state index contributed by atoms with van der Waals surface area (Å²) in [4.78, 5) is 0. The maximum atomic E-state index is 12.6. The lowest BCUT2D eigenvalue weighted by atomic mass is 9.42. The highest BCUT2D eigenvalue weighted by molar-refractivity contribution is 5.20. The molecule has 296 valence electrons. The molecule has 0 radical (unpaired) electrons. The lowest BCUT2D eigenvalue weighted by Gasteiger charge is -2.66. The van der Waals surface area contributed by atoms with E-state index in [4.69, 9.17) is 23.7 Å². The first-order valence-corrected chi connectivity index (χ1v) is 19.5. The van der Waals surface area contributed by atoms with E-state index >= 15 is 0 Å². The summed E-state index contributed by atoms with van der Waals surface area (Å²) in [5.41, 5.74) is -1.81. The minimum absolute atomic E-state index is 0.0250. The Kier molecular flexibility index (Phi) is 12.0. The SMILES string of the molecule is CO[C@@H]1CO[C@@H](O[C@H]2[C@H](O[C@@H](CC[C@@H](C)[C@H]3C[C@H](O)C4[C@]5(O)C[C@H](O)C6C[C@@H](O)CC[C@]6(C)C5CC[C@@]43C)C(C)C)O[C@@H](CO)[C@@H]2O)[C@H](O)[C@H]1O. The first-order valence-electron chi connectivity index (χ1n) is 19.5. The number of hydrogen-bond donors (Lipinski definition) is 8. The quantitative estimate of drug-likeness (QED) is 0.150. The van der Waals surface area contributed by atoms with E-state index < -0.39 is 79.7 Å². The molecule has 13 heteroatoms. The van der Waals surface area contributed by atoms with E-state index in [1.54, 1.807) is 0 Å². The van der Waals surface area contributed by atoms with Crippen molar-refractivity contribution in [3.63, 3.8) is 0 Å². The van der Waals surface area contributed by atoms with Gasteiger partial charge in [0.15, 0.2) is 12.6 Å². The zero-order valence-corrected chi connectivity index (χ0v) is 31.3. The van der Waals surface area contributed by atoms with Crippen LogP contribution in [0.1, 0.15) is 92.4 Å². The first-order chi connectivity index (χ1) is 24.0. The van der Waals surface area contributed by atoms with Crippen LogP contribution in [0.4, 0.5) is 0 Å². The highest BCUT2D eigenvalue weighted by Crippen LogP contribution is 2.69. The number of rotatable bonds is 11. The van der Waals surface area contributed by atoms with Gasteiger partial charge < -0.3 is 64.5 Å². The van der Waals surface area contributed by atoms with Crippen molar-refractivity contribution in [1.82, 2.24) is 0 Å². The highest BCUT2D eigenvalue weighted by atomic mass is 16.8. The summed E-state index contributed by atoms with van der Waals surface area (Å²) >= 11 is 0. The van der Waals surface area contributed by atoms with E-state index in [1.807, 2.05) is 13.8 Å². The van der Waals surface area contributed by atoms with Crippen LogP contribution in [0.15, 0.2) is 0 Å². The molecule has 0 spiro atoms. The molecular weight excluding hydrogens is 664 g/mol. The van der Waals surface area contributed by atoms with Crippen LogP contribution in [0, 0.1) is 46.3 Å². The van der Waals surface area contributed by atoms with Gasteiger partial charge in [0, 0.05) is 19.4 Å². The molecule has 6 rings (SSSR count). The van der Waals surface area contributed by atoms with Crippen LogP contribution in [-0.2, 0) is 23.7 Å². The van der Waals surface area contributed by atoms with Crippen molar-refractivity contribution in [3.8, 4) is 0 Å². The highest BCUT2D eigenvalue weighted by Gasteiger charge is 2.70. The lowest BCUT2D eigenvalue weighted by Crippen LogP contribution is -2.68. The number of aliphatic hydroxyl groups excluding tert-OH is 7. The number of ether oxygens (including phenoxy) is 5. The molecule has 2 saturated heterocycles. The standard InChI is InChI=1S/C38H66O13/c1-18(2)25(49-35-32(30(44)26(16-39)50-35)51-34-31(45)29(43)27(47-6)17-48-34)8-7-19(3)21-14-23(41)33-37(21,5)12-10-28-36(4)11-9-20(40)13-22(36)24(42)15-38(28,33)46/h18-35,39-46H,7-17H2,1-6H3/t19-,20+,21-,22?,23+,24+,25+,26+,27-,28?,29+,30+,31-,32-,33?,34+,35-,36+,37-,38+/m1/s1. The molecule has 51 heavy (non-hydrogen) atoms. The fraction of sp³-hybridized carbons (Fsp3) is 1.00. The minimum atomic E-state index is -1.44. The van der Waals surface area contributed by atoms with Crippen LogP contribution in [0.5, 0.6) is 0 Å².